The number of hydrogen-bond donors (Lipinski definition) is 0. The molecule has 1 heterocycles. The van der Waals surface area contributed by atoms with E-state index in [0.29, 0.717) is 11.8 Å². The molecule has 3 atom stereocenters. The molecular weight excluding hydrogens is 164 g/mol. The van der Waals surface area contributed by atoms with Gasteiger partial charge in [0.05, 0.1) is 0 Å². The van der Waals surface area contributed by atoms with Gasteiger partial charge in [-0.3, -0.25) is 0 Å². The third-order valence-electron chi connectivity index (χ3n) is 3.47. The second kappa shape index (κ2) is 2.25. The summed E-state index contributed by atoms with van der Waals surface area (Å²) >= 11 is 0. The summed E-state index contributed by atoms with van der Waals surface area (Å²) < 4.78 is 5.42. The lowest BCUT2D eigenvalue weighted by molar-refractivity contribution is -0.152. The zero-order chi connectivity index (χ0) is 8.89. The van der Waals surface area contributed by atoms with E-state index < -0.39 is 0 Å². The van der Waals surface area contributed by atoms with E-state index in [1.807, 2.05) is 6.08 Å². The molecule has 0 aromatic rings. The van der Waals surface area contributed by atoms with E-state index in [2.05, 4.69) is 12.2 Å². The van der Waals surface area contributed by atoms with E-state index in [1.54, 1.807) is 6.08 Å². The number of allylic oxidation sites excluding steroid dienone is 1. The van der Waals surface area contributed by atoms with Crippen molar-refractivity contribution in [2.24, 2.45) is 11.8 Å². The molecule has 0 amide bonds. The Morgan fingerprint density at radius 1 is 1.38 bits per heavy atom. The zero-order valence-corrected chi connectivity index (χ0v) is 7.40. The summed E-state index contributed by atoms with van der Waals surface area (Å²) in [5.41, 5.74) is -0.255. The lowest BCUT2D eigenvalue weighted by Gasteiger charge is -2.43. The third-order valence-corrected chi connectivity index (χ3v) is 3.47. The predicted molar refractivity (Wildman–Crippen MR) is 47.9 cm³/mol. The van der Waals surface area contributed by atoms with Crippen LogP contribution in [0, 0.1) is 11.8 Å². The van der Waals surface area contributed by atoms with E-state index in [0.717, 1.165) is 6.42 Å². The highest BCUT2D eigenvalue weighted by Crippen LogP contribution is 2.47. The topological polar surface area (TPSA) is 26.3 Å². The molecule has 0 unspecified atom stereocenters. The fraction of sp³-hybridized carbons (Fsp3) is 0.545. The Bertz CT molecular complexity index is 316. The van der Waals surface area contributed by atoms with Crippen LogP contribution in [0.4, 0.5) is 0 Å². The Morgan fingerprint density at radius 3 is 2.77 bits per heavy atom. The second-order valence-corrected chi connectivity index (χ2v) is 4.24. The highest BCUT2D eigenvalue weighted by Gasteiger charge is 2.48. The van der Waals surface area contributed by atoms with Crippen molar-refractivity contribution in [2.75, 3.05) is 0 Å². The van der Waals surface area contributed by atoms with Crippen molar-refractivity contribution in [3.05, 3.63) is 24.3 Å². The first-order valence-corrected chi connectivity index (χ1v) is 4.89. The zero-order valence-electron chi connectivity index (χ0n) is 7.40. The van der Waals surface area contributed by atoms with Gasteiger partial charge in [-0.2, -0.15) is 0 Å². The van der Waals surface area contributed by atoms with Crippen LogP contribution in [0.5, 0.6) is 0 Å². The highest BCUT2D eigenvalue weighted by molar-refractivity contribution is 5.85. The van der Waals surface area contributed by atoms with Gasteiger partial charge < -0.3 is 4.74 Å². The van der Waals surface area contributed by atoms with Crippen molar-refractivity contribution < 1.29 is 9.53 Å². The van der Waals surface area contributed by atoms with Crippen LogP contribution in [0.2, 0.25) is 0 Å². The number of rotatable bonds is 0. The van der Waals surface area contributed by atoms with E-state index in [1.165, 1.54) is 12.8 Å². The predicted octanol–water partition coefficient (Wildman–Crippen LogP) is 1.82. The molecule has 2 bridgehead atoms. The molecule has 4 aliphatic rings. The van der Waals surface area contributed by atoms with Crippen molar-refractivity contribution in [3.8, 4) is 0 Å². The van der Waals surface area contributed by atoms with E-state index in [-0.39, 0.29) is 11.6 Å². The molecule has 1 fully saturated rings. The Hall–Kier alpha value is -1.05. The Labute approximate surface area is 77.3 Å². The normalized spacial score (nSPS) is 46.0. The standard InChI is InChI=1S/C11H12O2/c12-10-5-6-11(13-10)7-8-1-3-9(11)4-2-8/h1,3,5-6,8-9H,2,4,7H2/t8-,9+,11-/m0/s1. The van der Waals surface area contributed by atoms with E-state index >= 15 is 0 Å². The maximum Gasteiger partial charge on any atom is 0.331 e. The molecule has 0 radical (unpaired) electrons. The van der Waals surface area contributed by atoms with Gasteiger partial charge >= 0.3 is 5.97 Å². The first-order chi connectivity index (χ1) is 6.28. The first kappa shape index (κ1) is 7.36. The maximum absolute atomic E-state index is 11.1. The minimum atomic E-state index is -0.255. The Morgan fingerprint density at radius 2 is 2.31 bits per heavy atom. The lowest BCUT2D eigenvalue weighted by atomic mass is 9.66. The highest BCUT2D eigenvalue weighted by atomic mass is 16.6. The fourth-order valence-electron chi connectivity index (χ4n) is 2.79. The molecule has 0 aromatic carbocycles. The Kier molecular flexibility index (Phi) is 1.27. The van der Waals surface area contributed by atoms with Gasteiger partial charge in [-0.15, -0.1) is 0 Å². The van der Waals surface area contributed by atoms with E-state index in [4.69, 9.17) is 4.74 Å². The van der Waals surface area contributed by atoms with Crippen LogP contribution in [-0.4, -0.2) is 11.6 Å². The summed E-state index contributed by atoms with van der Waals surface area (Å²) in [7, 11) is 0. The lowest BCUT2D eigenvalue weighted by Crippen LogP contribution is -2.44. The van der Waals surface area contributed by atoms with Gasteiger partial charge in [0, 0.05) is 12.0 Å². The SMILES string of the molecule is O=C1C=C[C@@]2(C[C@H]3C=C[C@@H]2CC3)O1. The number of carbonyl (C=O) groups is 1. The first-order valence-electron chi connectivity index (χ1n) is 4.89. The molecule has 1 aliphatic heterocycles. The van der Waals surface area contributed by atoms with Crippen molar-refractivity contribution in [1.82, 2.24) is 0 Å². The van der Waals surface area contributed by atoms with Crippen LogP contribution < -0.4 is 0 Å². The molecule has 0 aromatic heterocycles. The fourth-order valence-corrected chi connectivity index (χ4v) is 2.79. The molecule has 2 nitrogen and oxygen atoms in total. The van der Waals surface area contributed by atoms with Crippen LogP contribution in [0.25, 0.3) is 0 Å². The number of fused-ring (bicyclic) bond motifs is 1. The second-order valence-electron chi connectivity index (χ2n) is 4.24. The molecular formula is C11H12O2. The molecule has 0 saturated heterocycles. The summed E-state index contributed by atoms with van der Waals surface area (Å²) in [5.74, 6) is 0.890. The maximum atomic E-state index is 11.1. The van der Waals surface area contributed by atoms with Gasteiger partial charge in [0.1, 0.15) is 5.60 Å². The van der Waals surface area contributed by atoms with E-state index in [9.17, 15) is 4.79 Å². The Balaban J connectivity index is 1.98. The summed E-state index contributed by atoms with van der Waals surface area (Å²) in [6.07, 6.45) is 11.5. The molecule has 1 saturated carbocycles. The monoisotopic (exact) mass is 176 g/mol. The number of esters is 1. The van der Waals surface area contributed by atoms with Crippen LogP contribution in [0.15, 0.2) is 24.3 Å². The van der Waals surface area contributed by atoms with Crippen LogP contribution in [0.3, 0.4) is 0 Å². The summed E-state index contributed by atoms with van der Waals surface area (Å²) in [4.78, 5) is 11.1. The molecule has 1 spiro atoms. The smallest absolute Gasteiger partial charge is 0.331 e. The molecule has 13 heavy (non-hydrogen) atoms. The van der Waals surface area contributed by atoms with Crippen molar-refractivity contribution in [2.45, 2.75) is 24.9 Å². The average molecular weight is 176 g/mol. The largest absolute Gasteiger partial charge is 0.451 e. The van der Waals surface area contributed by atoms with Crippen LogP contribution in [-0.2, 0) is 9.53 Å². The molecule has 3 aliphatic carbocycles. The average Bonchev–Trinajstić information content (AvgIpc) is 2.49. The minimum Gasteiger partial charge on any atom is -0.451 e. The summed E-state index contributed by atoms with van der Waals surface area (Å²) in [6.45, 7) is 0. The van der Waals surface area contributed by atoms with Gasteiger partial charge in [-0.1, -0.05) is 12.2 Å². The molecule has 0 N–H and O–H groups in total. The van der Waals surface area contributed by atoms with Gasteiger partial charge in [0.2, 0.25) is 0 Å². The van der Waals surface area contributed by atoms with Gasteiger partial charge in [-0.25, -0.2) is 4.79 Å². The molecule has 2 heteroatoms. The van der Waals surface area contributed by atoms with Gasteiger partial charge in [0.15, 0.2) is 0 Å². The van der Waals surface area contributed by atoms with Gasteiger partial charge in [-0.05, 0) is 31.3 Å². The number of ether oxygens (including phenoxy) is 1. The summed E-state index contributed by atoms with van der Waals surface area (Å²) in [5, 5.41) is 0. The summed E-state index contributed by atoms with van der Waals surface area (Å²) in [6, 6.07) is 0. The minimum absolute atomic E-state index is 0.166. The molecule has 4 rings (SSSR count). The molecule has 68 valence electrons. The van der Waals surface area contributed by atoms with Gasteiger partial charge in [0.25, 0.3) is 0 Å². The van der Waals surface area contributed by atoms with Crippen molar-refractivity contribution in [1.29, 1.82) is 0 Å². The van der Waals surface area contributed by atoms with Crippen LogP contribution in [0.1, 0.15) is 19.3 Å². The van der Waals surface area contributed by atoms with Crippen molar-refractivity contribution >= 4 is 5.97 Å². The number of carbonyl (C=O) groups excluding carboxylic acids is 1. The van der Waals surface area contributed by atoms with Crippen LogP contribution >= 0.6 is 0 Å². The van der Waals surface area contributed by atoms with Crippen molar-refractivity contribution in [3.63, 3.8) is 0 Å². The quantitative estimate of drug-likeness (QED) is 0.415. The number of hydrogen-bond acceptors (Lipinski definition) is 2. The third kappa shape index (κ3) is 0.916.